The SMILES string of the molecule is C=CC(=O)N(CCCCCCN)C(=O)C=C. The molecule has 0 spiro atoms. The number of rotatable bonds is 8. The molecule has 0 rings (SSSR count). The maximum absolute atomic E-state index is 11.4. The first-order valence-corrected chi connectivity index (χ1v) is 5.47. The van der Waals surface area contributed by atoms with E-state index in [-0.39, 0.29) is 11.8 Å². The van der Waals surface area contributed by atoms with E-state index in [2.05, 4.69) is 13.2 Å². The lowest BCUT2D eigenvalue weighted by Crippen LogP contribution is -2.35. The van der Waals surface area contributed by atoms with E-state index in [1.165, 1.54) is 0 Å². The molecular formula is C12H20N2O2. The molecule has 4 heteroatoms. The zero-order chi connectivity index (χ0) is 12.4. The lowest BCUT2D eigenvalue weighted by molar-refractivity contribution is -0.138. The molecule has 0 aliphatic carbocycles. The quantitative estimate of drug-likeness (QED) is 0.498. The number of carbonyl (C=O) groups is 2. The van der Waals surface area contributed by atoms with E-state index in [4.69, 9.17) is 5.73 Å². The molecule has 0 saturated carbocycles. The Bertz CT molecular complexity index is 242. The molecule has 0 saturated heterocycles. The molecule has 16 heavy (non-hydrogen) atoms. The number of imide groups is 1. The maximum atomic E-state index is 11.4. The van der Waals surface area contributed by atoms with Gasteiger partial charge in [0.05, 0.1) is 0 Å². The third-order valence-electron chi connectivity index (χ3n) is 2.22. The summed E-state index contributed by atoms with van der Waals surface area (Å²) in [5.41, 5.74) is 5.36. The zero-order valence-electron chi connectivity index (χ0n) is 9.65. The molecule has 2 N–H and O–H groups in total. The predicted octanol–water partition coefficient (Wildman–Crippen LogP) is 1.23. The fourth-order valence-corrected chi connectivity index (χ4v) is 1.32. The van der Waals surface area contributed by atoms with Crippen LogP contribution in [0.4, 0.5) is 0 Å². The van der Waals surface area contributed by atoms with E-state index in [1.54, 1.807) is 0 Å². The summed E-state index contributed by atoms with van der Waals surface area (Å²) in [7, 11) is 0. The second-order valence-corrected chi connectivity index (χ2v) is 3.44. The monoisotopic (exact) mass is 224 g/mol. The van der Waals surface area contributed by atoms with Crippen molar-refractivity contribution in [2.75, 3.05) is 13.1 Å². The van der Waals surface area contributed by atoms with Gasteiger partial charge in [0.15, 0.2) is 0 Å². The molecule has 0 aliphatic heterocycles. The summed E-state index contributed by atoms with van der Waals surface area (Å²) in [6.07, 6.45) is 6.03. The Kier molecular flexibility index (Phi) is 8.07. The first-order chi connectivity index (χ1) is 7.67. The van der Waals surface area contributed by atoms with E-state index in [1.807, 2.05) is 0 Å². The molecule has 0 heterocycles. The second-order valence-electron chi connectivity index (χ2n) is 3.44. The fourth-order valence-electron chi connectivity index (χ4n) is 1.32. The molecule has 0 radical (unpaired) electrons. The van der Waals surface area contributed by atoms with Crippen molar-refractivity contribution in [1.82, 2.24) is 4.90 Å². The third-order valence-corrected chi connectivity index (χ3v) is 2.22. The number of hydrogen-bond acceptors (Lipinski definition) is 3. The summed E-state index contributed by atoms with van der Waals surface area (Å²) in [5, 5.41) is 0. The Morgan fingerprint density at radius 3 is 1.94 bits per heavy atom. The van der Waals surface area contributed by atoms with Gasteiger partial charge >= 0.3 is 0 Å². The smallest absolute Gasteiger partial charge is 0.252 e. The Balaban J connectivity index is 4.03. The van der Waals surface area contributed by atoms with Crippen molar-refractivity contribution >= 4 is 11.8 Å². The Labute approximate surface area is 96.8 Å². The van der Waals surface area contributed by atoms with Gasteiger partial charge in [0.1, 0.15) is 0 Å². The average Bonchev–Trinajstić information content (AvgIpc) is 2.32. The Morgan fingerprint density at radius 2 is 1.50 bits per heavy atom. The van der Waals surface area contributed by atoms with E-state index >= 15 is 0 Å². The summed E-state index contributed by atoms with van der Waals surface area (Å²) in [5.74, 6) is -0.743. The van der Waals surface area contributed by atoms with Crippen LogP contribution in [0.2, 0.25) is 0 Å². The van der Waals surface area contributed by atoms with Crippen molar-refractivity contribution < 1.29 is 9.59 Å². The highest BCUT2D eigenvalue weighted by molar-refractivity contribution is 6.04. The predicted molar refractivity (Wildman–Crippen MR) is 64.6 cm³/mol. The molecule has 90 valence electrons. The van der Waals surface area contributed by atoms with Gasteiger partial charge in [0.2, 0.25) is 0 Å². The van der Waals surface area contributed by atoms with Gasteiger partial charge < -0.3 is 5.73 Å². The highest BCUT2D eigenvalue weighted by atomic mass is 16.2. The highest BCUT2D eigenvalue weighted by Crippen LogP contribution is 2.03. The van der Waals surface area contributed by atoms with Gasteiger partial charge in [-0.05, 0) is 31.5 Å². The van der Waals surface area contributed by atoms with Gasteiger partial charge in [0, 0.05) is 6.54 Å². The van der Waals surface area contributed by atoms with Gasteiger partial charge in [-0.15, -0.1) is 0 Å². The molecule has 0 fully saturated rings. The number of carbonyl (C=O) groups excluding carboxylic acids is 2. The van der Waals surface area contributed by atoms with Crippen LogP contribution in [0.5, 0.6) is 0 Å². The number of nitrogens with two attached hydrogens (primary N) is 1. The standard InChI is InChI=1S/C12H20N2O2/c1-3-11(15)14(12(16)4-2)10-8-6-5-7-9-13/h3-4H,1-2,5-10,13H2. The van der Waals surface area contributed by atoms with Crippen LogP contribution in [0, 0.1) is 0 Å². The molecule has 0 atom stereocenters. The minimum Gasteiger partial charge on any atom is -0.330 e. The van der Waals surface area contributed by atoms with Crippen LogP contribution in [0.1, 0.15) is 25.7 Å². The number of unbranched alkanes of at least 4 members (excludes halogenated alkanes) is 3. The lowest BCUT2D eigenvalue weighted by Gasteiger charge is -2.17. The van der Waals surface area contributed by atoms with Gasteiger partial charge in [-0.25, -0.2) is 0 Å². The summed E-state index contributed by atoms with van der Waals surface area (Å²) in [4.78, 5) is 23.9. The molecule has 0 bridgehead atoms. The van der Waals surface area contributed by atoms with Crippen LogP contribution in [0.15, 0.2) is 25.3 Å². The van der Waals surface area contributed by atoms with Crippen molar-refractivity contribution in [3.8, 4) is 0 Å². The van der Waals surface area contributed by atoms with Crippen LogP contribution in [-0.2, 0) is 9.59 Å². The summed E-state index contributed by atoms with van der Waals surface area (Å²) < 4.78 is 0. The number of amides is 2. The lowest BCUT2D eigenvalue weighted by atomic mass is 10.2. The molecule has 4 nitrogen and oxygen atoms in total. The van der Waals surface area contributed by atoms with Crippen molar-refractivity contribution in [2.45, 2.75) is 25.7 Å². The van der Waals surface area contributed by atoms with Crippen molar-refractivity contribution in [3.63, 3.8) is 0 Å². The van der Waals surface area contributed by atoms with E-state index in [9.17, 15) is 9.59 Å². The van der Waals surface area contributed by atoms with Crippen molar-refractivity contribution in [3.05, 3.63) is 25.3 Å². The van der Waals surface area contributed by atoms with Crippen LogP contribution in [0.25, 0.3) is 0 Å². The zero-order valence-corrected chi connectivity index (χ0v) is 9.65. The van der Waals surface area contributed by atoms with Crippen molar-refractivity contribution in [2.24, 2.45) is 5.73 Å². The molecule has 0 aromatic carbocycles. The third kappa shape index (κ3) is 5.46. The minimum atomic E-state index is -0.372. The summed E-state index contributed by atoms with van der Waals surface area (Å²) in [6.45, 7) is 7.82. The Morgan fingerprint density at radius 1 is 1.00 bits per heavy atom. The van der Waals surface area contributed by atoms with Crippen LogP contribution in [-0.4, -0.2) is 29.8 Å². The first kappa shape index (κ1) is 14.6. The molecular weight excluding hydrogens is 204 g/mol. The minimum absolute atomic E-state index is 0.372. The topological polar surface area (TPSA) is 63.4 Å². The number of nitrogens with zero attached hydrogens (tertiary/aromatic N) is 1. The van der Waals surface area contributed by atoms with Gasteiger partial charge in [-0.1, -0.05) is 26.0 Å². The molecule has 0 aliphatic rings. The Hall–Kier alpha value is -1.42. The van der Waals surface area contributed by atoms with Crippen molar-refractivity contribution in [1.29, 1.82) is 0 Å². The largest absolute Gasteiger partial charge is 0.330 e. The van der Waals surface area contributed by atoms with E-state index in [0.29, 0.717) is 13.1 Å². The normalized spacial score (nSPS) is 9.56. The molecule has 2 amide bonds. The van der Waals surface area contributed by atoms with Gasteiger partial charge in [-0.3, -0.25) is 14.5 Å². The van der Waals surface area contributed by atoms with Gasteiger partial charge in [0.25, 0.3) is 11.8 Å². The molecule has 0 unspecified atom stereocenters. The first-order valence-electron chi connectivity index (χ1n) is 5.47. The van der Waals surface area contributed by atoms with Crippen LogP contribution < -0.4 is 5.73 Å². The average molecular weight is 224 g/mol. The van der Waals surface area contributed by atoms with Gasteiger partial charge in [-0.2, -0.15) is 0 Å². The van der Waals surface area contributed by atoms with E-state index in [0.717, 1.165) is 42.7 Å². The summed E-state index contributed by atoms with van der Waals surface area (Å²) >= 11 is 0. The molecule has 0 aromatic rings. The summed E-state index contributed by atoms with van der Waals surface area (Å²) in [6, 6.07) is 0. The maximum Gasteiger partial charge on any atom is 0.252 e. The second kappa shape index (κ2) is 8.85. The fraction of sp³-hybridized carbons (Fsp3) is 0.500. The van der Waals surface area contributed by atoms with E-state index < -0.39 is 0 Å². The highest BCUT2D eigenvalue weighted by Gasteiger charge is 2.15. The van der Waals surface area contributed by atoms with Crippen LogP contribution >= 0.6 is 0 Å². The van der Waals surface area contributed by atoms with Crippen LogP contribution in [0.3, 0.4) is 0 Å². The molecule has 0 aromatic heterocycles. The number of hydrogen-bond donors (Lipinski definition) is 1.